The van der Waals surface area contributed by atoms with Crippen molar-refractivity contribution in [2.24, 2.45) is 0 Å². The van der Waals surface area contributed by atoms with E-state index < -0.39 is 0 Å². The van der Waals surface area contributed by atoms with Gasteiger partial charge in [-0.3, -0.25) is 15.1 Å². The van der Waals surface area contributed by atoms with Gasteiger partial charge in [0.15, 0.2) is 0 Å². The molecule has 0 atom stereocenters. The van der Waals surface area contributed by atoms with Crippen LogP contribution in [0.1, 0.15) is 9.67 Å². The predicted octanol–water partition coefficient (Wildman–Crippen LogP) is 4.23. The van der Waals surface area contributed by atoms with Crippen LogP contribution in [-0.2, 0) is 0 Å². The summed E-state index contributed by atoms with van der Waals surface area (Å²) in [7, 11) is 0. The summed E-state index contributed by atoms with van der Waals surface area (Å²) in [6.45, 7) is 3.31. The topological polar surface area (TPSA) is 87.1 Å². The fourth-order valence-corrected chi connectivity index (χ4v) is 4.60. The lowest BCUT2D eigenvalue weighted by atomic mass is 10.2. The fraction of sp³-hybridized carbons (Fsp3) is 0.174. The van der Waals surface area contributed by atoms with Crippen LogP contribution in [0.15, 0.2) is 67.3 Å². The Bertz CT molecular complexity index is 1260. The van der Waals surface area contributed by atoms with Gasteiger partial charge in [-0.2, -0.15) is 4.98 Å². The Balaban J connectivity index is 1.23. The highest BCUT2D eigenvalue weighted by Crippen LogP contribution is 2.25. The molecule has 1 aromatic carbocycles. The lowest BCUT2D eigenvalue weighted by molar-refractivity contribution is 0.102. The summed E-state index contributed by atoms with van der Waals surface area (Å²) in [6, 6.07) is 13.5. The van der Waals surface area contributed by atoms with Crippen LogP contribution in [0.2, 0.25) is 5.02 Å². The van der Waals surface area contributed by atoms with E-state index in [1.54, 1.807) is 24.8 Å². The summed E-state index contributed by atoms with van der Waals surface area (Å²) in [5.41, 5.74) is 1.99. The largest absolute Gasteiger partial charge is 0.368 e. The quantitative estimate of drug-likeness (QED) is 0.460. The van der Waals surface area contributed by atoms with Crippen molar-refractivity contribution in [2.75, 3.05) is 41.3 Å². The van der Waals surface area contributed by atoms with Crippen molar-refractivity contribution in [3.63, 3.8) is 0 Å². The minimum Gasteiger partial charge on any atom is -0.368 e. The van der Waals surface area contributed by atoms with Gasteiger partial charge in [0.25, 0.3) is 5.91 Å². The van der Waals surface area contributed by atoms with Gasteiger partial charge in [-0.1, -0.05) is 17.7 Å². The third-order valence-electron chi connectivity index (χ3n) is 5.28. The molecule has 8 nitrogen and oxygen atoms in total. The number of benzene rings is 1. The van der Waals surface area contributed by atoms with Gasteiger partial charge in [-0.05, 0) is 36.4 Å². The summed E-state index contributed by atoms with van der Waals surface area (Å²) in [6.07, 6.45) is 6.64. The molecular weight excluding hydrogens is 458 g/mol. The van der Waals surface area contributed by atoms with Crippen molar-refractivity contribution >= 4 is 46.3 Å². The lowest BCUT2D eigenvalue weighted by Crippen LogP contribution is -2.46. The molecule has 10 heteroatoms. The Labute approximate surface area is 199 Å². The monoisotopic (exact) mass is 477 g/mol. The van der Waals surface area contributed by atoms with Crippen LogP contribution in [0.25, 0.3) is 10.6 Å². The summed E-state index contributed by atoms with van der Waals surface area (Å²) in [5.74, 6) is 0.767. The number of thiazole rings is 1. The number of nitrogens with one attached hydrogen (secondary N) is 1. The Morgan fingerprint density at radius 1 is 0.970 bits per heavy atom. The van der Waals surface area contributed by atoms with Gasteiger partial charge in [0.1, 0.15) is 15.7 Å². The molecule has 4 aromatic rings. The zero-order valence-electron chi connectivity index (χ0n) is 17.6. The van der Waals surface area contributed by atoms with Gasteiger partial charge < -0.3 is 9.80 Å². The molecule has 1 saturated heterocycles. The van der Waals surface area contributed by atoms with E-state index >= 15 is 0 Å². The molecule has 0 saturated carbocycles. The summed E-state index contributed by atoms with van der Waals surface area (Å²) >= 11 is 7.43. The second-order valence-electron chi connectivity index (χ2n) is 7.42. The third kappa shape index (κ3) is 4.94. The van der Waals surface area contributed by atoms with Crippen molar-refractivity contribution in [3.05, 3.63) is 77.2 Å². The maximum atomic E-state index is 12.7. The number of rotatable bonds is 5. The molecule has 1 aliphatic heterocycles. The molecule has 4 heterocycles. The molecule has 0 bridgehead atoms. The third-order valence-corrected chi connectivity index (χ3v) is 6.56. The zero-order valence-corrected chi connectivity index (χ0v) is 19.1. The van der Waals surface area contributed by atoms with E-state index in [0.29, 0.717) is 4.88 Å². The van der Waals surface area contributed by atoms with Crippen molar-refractivity contribution < 1.29 is 4.79 Å². The second kappa shape index (κ2) is 9.51. The number of aromatic nitrogens is 4. The average molecular weight is 478 g/mol. The minimum absolute atomic E-state index is 0.270. The summed E-state index contributed by atoms with van der Waals surface area (Å²) in [5, 5.41) is 4.26. The minimum atomic E-state index is -0.287. The number of hydrogen-bond acceptors (Lipinski definition) is 8. The number of carbonyl (C=O) groups excluding carboxylic acids is 1. The van der Waals surface area contributed by atoms with Crippen LogP contribution in [-0.4, -0.2) is 52.0 Å². The van der Waals surface area contributed by atoms with E-state index in [0.717, 1.165) is 53.3 Å². The van der Waals surface area contributed by atoms with Crippen LogP contribution in [0.3, 0.4) is 0 Å². The Morgan fingerprint density at radius 3 is 2.61 bits per heavy atom. The number of piperazine rings is 1. The molecule has 1 N–H and O–H groups in total. The van der Waals surface area contributed by atoms with Crippen LogP contribution in [0, 0.1) is 0 Å². The van der Waals surface area contributed by atoms with Crippen molar-refractivity contribution in [1.29, 1.82) is 0 Å². The van der Waals surface area contributed by atoms with Gasteiger partial charge in [0.2, 0.25) is 5.95 Å². The van der Waals surface area contributed by atoms with E-state index in [9.17, 15) is 4.79 Å². The Kier molecular flexibility index (Phi) is 6.14. The zero-order chi connectivity index (χ0) is 22.6. The highest BCUT2D eigenvalue weighted by atomic mass is 35.5. The summed E-state index contributed by atoms with van der Waals surface area (Å²) in [4.78, 5) is 34.9. The first-order chi connectivity index (χ1) is 16.2. The number of carbonyl (C=O) groups is 1. The van der Waals surface area contributed by atoms with Crippen molar-refractivity contribution in [1.82, 2.24) is 19.9 Å². The molecule has 33 heavy (non-hydrogen) atoms. The second-order valence-corrected chi connectivity index (χ2v) is 8.88. The highest BCUT2D eigenvalue weighted by molar-refractivity contribution is 7.17. The first-order valence-corrected chi connectivity index (χ1v) is 11.6. The maximum absolute atomic E-state index is 12.7. The number of hydrogen-bond donors (Lipinski definition) is 1. The van der Waals surface area contributed by atoms with Gasteiger partial charge >= 0.3 is 0 Å². The standard InChI is InChI=1S/C23H20ClN7OS/c24-17-4-1-5-18(13-17)30-9-11-31(12-10-30)20-6-8-26-23(28-20)29-21(32)19-15-27-22(33-19)16-3-2-7-25-14-16/h1-8,13-15H,9-12H2,(H,26,28,29,32). The molecule has 0 spiro atoms. The Morgan fingerprint density at radius 2 is 1.82 bits per heavy atom. The molecule has 166 valence electrons. The average Bonchev–Trinajstić information content (AvgIpc) is 3.36. The van der Waals surface area contributed by atoms with Crippen LogP contribution >= 0.6 is 22.9 Å². The number of amides is 1. The molecule has 0 aliphatic carbocycles. The molecule has 1 fully saturated rings. The number of halogens is 1. The summed E-state index contributed by atoms with van der Waals surface area (Å²) < 4.78 is 0. The number of pyridine rings is 1. The van der Waals surface area contributed by atoms with Gasteiger partial charge in [0.05, 0.1) is 6.20 Å². The van der Waals surface area contributed by atoms with E-state index in [1.165, 1.54) is 11.3 Å². The maximum Gasteiger partial charge on any atom is 0.269 e. The van der Waals surface area contributed by atoms with E-state index in [4.69, 9.17) is 11.6 Å². The van der Waals surface area contributed by atoms with Crippen LogP contribution < -0.4 is 15.1 Å². The Hall–Kier alpha value is -3.56. The SMILES string of the molecule is O=C(Nc1nccc(N2CCN(c3cccc(Cl)c3)CC2)n1)c1cnc(-c2cccnc2)s1. The lowest BCUT2D eigenvalue weighted by Gasteiger charge is -2.36. The number of nitrogens with zero attached hydrogens (tertiary/aromatic N) is 6. The van der Waals surface area contributed by atoms with Gasteiger partial charge in [-0.15, -0.1) is 11.3 Å². The van der Waals surface area contributed by atoms with Crippen molar-refractivity contribution in [3.8, 4) is 10.6 Å². The van der Waals surface area contributed by atoms with Gasteiger partial charge in [0, 0.05) is 61.0 Å². The van der Waals surface area contributed by atoms with E-state index in [-0.39, 0.29) is 11.9 Å². The molecule has 1 aliphatic rings. The smallest absolute Gasteiger partial charge is 0.269 e. The fourth-order valence-electron chi connectivity index (χ4n) is 3.62. The molecule has 3 aromatic heterocycles. The first kappa shape index (κ1) is 21.3. The van der Waals surface area contributed by atoms with Crippen LogP contribution in [0.5, 0.6) is 0 Å². The predicted molar refractivity (Wildman–Crippen MR) is 131 cm³/mol. The normalized spacial score (nSPS) is 13.7. The first-order valence-electron chi connectivity index (χ1n) is 10.4. The van der Waals surface area contributed by atoms with Crippen molar-refractivity contribution in [2.45, 2.75) is 0 Å². The molecule has 1 amide bonds. The molecule has 0 unspecified atom stereocenters. The van der Waals surface area contributed by atoms with E-state index in [2.05, 4.69) is 41.1 Å². The van der Waals surface area contributed by atoms with E-state index in [1.807, 2.05) is 36.4 Å². The number of anilines is 3. The molecule has 0 radical (unpaired) electrons. The molecule has 5 rings (SSSR count). The highest BCUT2D eigenvalue weighted by Gasteiger charge is 2.20. The molecular formula is C23H20ClN7OS. The van der Waals surface area contributed by atoms with Gasteiger partial charge in [-0.25, -0.2) is 9.97 Å². The van der Waals surface area contributed by atoms with Crippen LogP contribution in [0.4, 0.5) is 17.5 Å².